The fraction of sp³-hybridized carbons (Fsp3) is 0.188. The normalized spacial score (nSPS) is 12.1. The maximum atomic E-state index is 5.32. The van der Waals surface area contributed by atoms with E-state index in [9.17, 15) is 0 Å². The molecule has 0 radical (unpaired) electrons. The fourth-order valence-electron chi connectivity index (χ4n) is 2.28. The Morgan fingerprint density at radius 2 is 2.05 bits per heavy atom. The van der Waals surface area contributed by atoms with Gasteiger partial charge >= 0.3 is 0 Å². The van der Waals surface area contributed by atoms with Crippen LogP contribution in [0.2, 0.25) is 0 Å². The molecular weight excluding hydrogens is 264 g/mol. The number of nitrogens with one attached hydrogen (secondary N) is 1. The van der Waals surface area contributed by atoms with Crippen molar-refractivity contribution in [3.63, 3.8) is 0 Å². The lowest BCUT2D eigenvalue weighted by atomic mass is 10.1. The largest absolute Gasteiger partial charge is 0.444 e. The molecular formula is C16H16N4O. The maximum Gasteiger partial charge on any atom is 0.181 e. The molecule has 5 heteroatoms. The first-order valence-corrected chi connectivity index (χ1v) is 6.77. The second-order valence-corrected chi connectivity index (χ2v) is 4.84. The van der Waals surface area contributed by atoms with Gasteiger partial charge in [-0.15, -0.1) is 0 Å². The van der Waals surface area contributed by atoms with Crippen molar-refractivity contribution < 1.29 is 4.42 Å². The molecule has 3 rings (SSSR count). The van der Waals surface area contributed by atoms with Crippen molar-refractivity contribution in [3.05, 3.63) is 60.6 Å². The molecule has 0 aliphatic heterocycles. The van der Waals surface area contributed by atoms with Crippen LogP contribution in [0.15, 0.2) is 53.7 Å². The summed E-state index contributed by atoms with van der Waals surface area (Å²) in [4.78, 5) is 12.6. The number of hydrogen-bond donors (Lipinski definition) is 1. The van der Waals surface area contributed by atoms with Crippen molar-refractivity contribution in [2.75, 3.05) is 5.32 Å². The van der Waals surface area contributed by atoms with Gasteiger partial charge in [0.1, 0.15) is 0 Å². The lowest BCUT2D eigenvalue weighted by Crippen LogP contribution is -2.10. The van der Waals surface area contributed by atoms with E-state index in [1.807, 2.05) is 31.2 Å². The summed E-state index contributed by atoms with van der Waals surface area (Å²) in [6, 6.07) is 8.09. The summed E-state index contributed by atoms with van der Waals surface area (Å²) >= 11 is 0. The third-order valence-electron chi connectivity index (χ3n) is 3.29. The molecule has 21 heavy (non-hydrogen) atoms. The van der Waals surface area contributed by atoms with Crippen LogP contribution in [-0.4, -0.2) is 15.0 Å². The van der Waals surface area contributed by atoms with Crippen LogP contribution in [0.5, 0.6) is 0 Å². The number of aryl methyl sites for hydroxylation is 1. The number of aromatic nitrogens is 3. The van der Waals surface area contributed by atoms with Crippen molar-refractivity contribution in [2.45, 2.75) is 19.9 Å². The van der Waals surface area contributed by atoms with Gasteiger partial charge in [0.25, 0.3) is 0 Å². The van der Waals surface area contributed by atoms with E-state index in [-0.39, 0.29) is 6.04 Å². The molecule has 5 nitrogen and oxygen atoms in total. The third kappa shape index (κ3) is 2.91. The van der Waals surface area contributed by atoms with E-state index in [0.717, 1.165) is 28.4 Å². The van der Waals surface area contributed by atoms with Gasteiger partial charge < -0.3 is 9.73 Å². The summed E-state index contributed by atoms with van der Waals surface area (Å²) in [6.07, 6.45) is 6.55. The lowest BCUT2D eigenvalue weighted by Gasteiger charge is -2.16. The molecule has 0 bridgehead atoms. The van der Waals surface area contributed by atoms with Crippen LogP contribution in [0.1, 0.15) is 24.4 Å². The van der Waals surface area contributed by atoms with Gasteiger partial charge in [-0.2, -0.15) is 0 Å². The summed E-state index contributed by atoms with van der Waals surface area (Å²) in [6.45, 7) is 4.03. The van der Waals surface area contributed by atoms with Crippen LogP contribution in [0.25, 0.3) is 11.3 Å². The molecule has 1 atom stereocenters. The number of oxazole rings is 1. The van der Waals surface area contributed by atoms with E-state index in [1.54, 1.807) is 18.6 Å². The van der Waals surface area contributed by atoms with E-state index < -0.39 is 0 Å². The number of hydrogen-bond acceptors (Lipinski definition) is 5. The monoisotopic (exact) mass is 280 g/mol. The van der Waals surface area contributed by atoms with Gasteiger partial charge in [0.05, 0.1) is 23.6 Å². The number of rotatable bonds is 4. The Morgan fingerprint density at radius 1 is 1.19 bits per heavy atom. The molecule has 1 aromatic carbocycles. The van der Waals surface area contributed by atoms with Crippen molar-refractivity contribution >= 4 is 5.69 Å². The van der Waals surface area contributed by atoms with Crippen LogP contribution in [0.4, 0.5) is 5.69 Å². The first-order chi connectivity index (χ1) is 10.2. The number of benzene rings is 1. The van der Waals surface area contributed by atoms with Gasteiger partial charge in [-0.3, -0.25) is 9.97 Å². The second-order valence-electron chi connectivity index (χ2n) is 4.84. The average Bonchev–Trinajstić information content (AvgIpc) is 3.02. The molecule has 3 aromatic rings. The van der Waals surface area contributed by atoms with Gasteiger partial charge in [-0.05, 0) is 26.0 Å². The molecule has 0 spiro atoms. The Morgan fingerprint density at radius 3 is 2.81 bits per heavy atom. The molecule has 0 saturated heterocycles. The first kappa shape index (κ1) is 13.3. The Hall–Kier alpha value is -2.69. The Bertz CT molecular complexity index is 725. The van der Waals surface area contributed by atoms with Crippen LogP contribution in [0, 0.1) is 6.92 Å². The lowest BCUT2D eigenvalue weighted by molar-refractivity contribution is 0.572. The van der Waals surface area contributed by atoms with E-state index in [4.69, 9.17) is 4.42 Å². The minimum atomic E-state index is 0.0728. The Labute approximate surface area is 123 Å². The van der Waals surface area contributed by atoms with Crippen LogP contribution in [-0.2, 0) is 0 Å². The number of anilines is 1. The van der Waals surface area contributed by atoms with E-state index >= 15 is 0 Å². The van der Waals surface area contributed by atoms with Crippen molar-refractivity contribution in [3.8, 4) is 11.3 Å². The highest BCUT2D eigenvalue weighted by Gasteiger charge is 2.11. The van der Waals surface area contributed by atoms with Gasteiger partial charge in [0, 0.05) is 23.6 Å². The fourth-order valence-corrected chi connectivity index (χ4v) is 2.28. The second kappa shape index (κ2) is 5.75. The molecule has 106 valence electrons. The topological polar surface area (TPSA) is 63.8 Å². The van der Waals surface area contributed by atoms with Crippen LogP contribution < -0.4 is 5.32 Å². The summed E-state index contributed by atoms with van der Waals surface area (Å²) in [7, 11) is 0. The molecule has 0 aliphatic rings. The van der Waals surface area contributed by atoms with Crippen molar-refractivity contribution in [2.24, 2.45) is 0 Å². The Kier molecular flexibility index (Phi) is 3.64. The highest BCUT2D eigenvalue weighted by molar-refractivity contribution is 5.63. The highest BCUT2D eigenvalue weighted by Crippen LogP contribution is 2.25. The summed E-state index contributed by atoms with van der Waals surface area (Å²) in [5, 5.41) is 3.44. The molecule has 1 N–H and O–H groups in total. The Balaban J connectivity index is 1.82. The van der Waals surface area contributed by atoms with Gasteiger partial charge in [0.2, 0.25) is 0 Å². The minimum Gasteiger partial charge on any atom is -0.444 e. The van der Waals surface area contributed by atoms with Crippen LogP contribution in [0.3, 0.4) is 0 Å². The smallest absolute Gasteiger partial charge is 0.181 e. The quantitative estimate of drug-likeness (QED) is 0.790. The highest BCUT2D eigenvalue weighted by atomic mass is 16.3. The molecule has 1 unspecified atom stereocenters. The summed E-state index contributed by atoms with van der Waals surface area (Å²) in [5.74, 6) is 0.752. The predicted octanol–water partition coefficient (Wildman–Crippen LogP) is 3.61. The zero-order valence-corrected chi connectivity index (χ0v) is 11.9. The number of nitrogens with zero attached hydrogens (tertiary/aromatic N) is 3. The van der Waals surface area contributed by atoms with E-state index in [2.05, 4.69) is 27.2 Å². The van der Waals surface area contributed by atoms with E-state index in [0.29, 0.717) is 0 Å². The zero-order chi connectivity index (χ0) is 14.7. The van der Waals surface area contributed by atoms with Gasteiger partial charge in [-0.25, -0.2) is 4.98 Å². The maximum absolute atomic E-state index is 5.32. The first-order valence-electron chi connectivity index (χ1n) is 6.77. The van der Waals surface area contributed by atoms with Gasteiger partial charge in [0.15, 0.2) is 12.2 Å². The van der Waals surface area contributed by atoms with Crippen molar-refractivity contribution in [1.29, 1.82) is 0 Å². The van der Waals surface area contributed by atoms with Crippen molar-refractivity contribution in [1.82, 2.24) is 15.0 Å². The van der Waals surface area contributed by atoms with Crippen LogP contribution >= 0.6 is 0 Å². The standard InChI is InChI=1S/C16H16N4O/c1-11-16(19-7-6-18-11)12(2)20-14-5-3-4-13(8-14)15-9-17-10-21-15/h3-10,12,20H,1-2H3. The third-order valence-corrected chi connectivity index (χ3v) is 3.29. The van der Waals surface area contributed by atoms with E-state index in [1.165, 1.54) is 6.39 Å². The average molecular weight is 280 g/mol. The minimum absolute atomic E-state index is 0.0728. The van der Waals surface area contributed by atoms with Gasteiger partial charge in [-0.1, -0.05) is 12.1 Å². The molecule has 0 amide bonds. The molecule has 2 heterocycles. The SMILES string of the molecule is Cc1nccnc1C(C)Nc1cccc(-c2cnco2)c1. The molecule has 2 aromatic heterocycles. The zero-order valence-electron chi connectivity index (χ0n) is 11.9. The predicted molar refractivity (Wildman–Crippen MR) is 80.7 cm³/mol. The molecule has 0 fully saturated rings. The molecule has 0 saturated carbocycles. The summed E-state index contributed by atoms with van der Waals surface area (Å²) < 4.78 is 5.32. The molecule has 0 aliphatic carbocycles. The summed E-state index contributed by atoms with van der Waals surface area (Å²) in [5.41, 5.74) is 3.87.